The predicted octanol–water partition coefficient (Wildman–Crippen LogP) is 16.5. The van der Waals surface area contributed by atoms with Gasteiger partial charge in [0.05, 0.1) is 204 Å². The standard InChI is InChI=1S/C19H19N5OS.C18H24N6OS.C16H19N5OS.C15H19N5O2S.C15H17N5OS.C14H17N5OS/c20-18-11-16(22-13(7-9-25)12-4-2-1-3-5-12)19-15(23-18)10-17(26-19)14-6-8-21-24-14;1-11-9-24(10-12(2)25-11)6-5-20-14-8-17(19)22-15-7-16(26-18(14)15)13-3-4-21-23-13;17-15-8-12(18-9-10-2-5-22-6-3-10)16-13(20-15)7-14(23-16)11-1-4-19-21-11;1-15(7-21,8-22)6-17-10-5-13(16)19-11-4-12(23-14(10)11)9-2-3-18-20-9;1-15(7-21-8-15)6-17-10-5-13(16)19-11-4-12(22-14(10)11)9-2-3-18-20-9;1-8(3-5-20)17-11-7-13(15)18-10-6-12(21-14(10)11)9-2-4-16-19-9/h1-6,8,10-11,13,25H,7,9H2,(H,21,24)(H3,20,22,23);3-4,7-8,11-12H,5-6,9-10H2,1-2H3,(H,21,23)(H3,19,20,22);1,4,7-8,10H,2-3,5-6,9H2,(H,19,21)(H3,17,18,20);2-5,21-22H,6-8H2,1H3,(H,18,20)(H3,16,17,19);2-5H,6-8H2,1H3,(H,18,20)(H3,16,17,19);2,4,6-8,20H,3,5H2,1H3,(H,16,19)(H3,15,17,18)/t;11-,12-;;;;8-/m.1...0/s1. The quantitative estimate of drug-likeness (QED) is 0.0199. The van der Waals surface area contributed by atoms with Crippen LogP contribution in [0.5, 0.6) is 0 Å². The first kappa shape index (κ1) is 99.0. The van der Waals surface area contributed by atoms with E-state index in [-0.39, 0.29) is 56.1 Å². The van der Waals surface area contributed by atoms with E-state index in [1.807, 2.05) is 123 Å². The number of fused-ring (bicyclic) bond motifs is 6. The molecule has 28 N–H and O–H groups in total. The van der Waals surface area contributed by atoms with E-state index in [1.54, 1.807) is 111 Å². The molecule has 3 fully saturated rings. The largest absolute Gasteiger partial charge is 0.396 e. The maximum Gasteiger partial charge on any atom is 0.126 e. The smallest absolute Gasteiger partial charge is 0.126 e. The first-order valence-corrected chi connectivity index (χ1v) is 51.1. The average molecular weight is 2020 g/mol. The van der Waals surface area contributed by atoms with Crippen molar-refractivity contribution < 1.29 is 34.6 Å². The number of aliphatic hydroxyl groups excluding tert-OH is 4. The average Bonchev–Trinajstić information content (AvgIpc) is 1.65. The van der Waals surface area contributed by atoms with Gasteiger partial charge >= 0.3 is 0 Å². The zero-order chi connectivity index (χ0) is 98.1. The highest BCUT2D eigenvalue weighted by atomic mass is 32.1. The van der Waals surface area contributed by atoms with Crippen molar-refractivity contribution in [3.05, 3.63) is 182 Å². The molecule has 0 amide bonds. The maximum atomic E-state index is 9.49. The van der Waals surface area contributed by atoms with Gasteiger partial charge in [0.1, 0.15) is 34.9 Å². The van der Waals surface area contributed by atoms with E-state index in [4.69, 9.17) is 53.7 Å². The number of nitrogens with two attached hydrogens (primary N) is 6. The molecule has 0 spiro atoms. The van der Waals surface area contributed by atoms with Crippen molar-refractivity contribution in [1.29, 1.82) is 0 Å². The van der Waals surface area contributed by atoms with Crippen molar-refractivity contribution in [2.45, 2.75) is 84.6 Å². The number of hydrogen-bond donors (Lipinski definition) is 22. The summed E-state index contributed by atoms with van der Waals surface area (Å²) in [5, 5.41) is 100. The number of morpholine rings is 1. The van der Waals surface area contributed by atoms with E-state index >= 15 is 0 Å². The van der Waals surface area contributed by atoms with Crippen molar-refractivity contribution in [2.75, 3.05) is 165 Å². The van der Waals surface area contributed by atoms with Crippen LogP contribution in [-0.4, -0.2) is 233 Å². The molecule has 21 heterocycles. The Kier molecular flexibility index (Phi) is 32.1. The molecule has 141 heavy (non-hydrogen) atoms. The fraction of sp³-hybridized carbons (Fsp3) is 0.320. The lowest BCUT2D eigenvalue weighted by molar-refractivity contribution is -0.0924. The number of thiophene rings is 6. The number of H-pyrrole nitrogens is 6. The summed E-state index contributed by atoms with van der Waals surface area (Å²) in [6.07, 6.45) is 14.5. The summed E-state index contributed by atoms with van der Waals surface area (Å²) in [4.78, 5) is 35.5. The van der Waals surface area contributed by atoms with Gasteiger partial charge in [0.2, 0.25) is 0 Å². The molecule has 18 aromatic heterocycles. The summed E-state index contributed by atoms with van der Waals surface area (Å²) < 4.78 is 23.0. The van der Waals surface area contributed by atoms with Gasteiger partial charge in [0.25, 0.3) is 0 Å². The van der Waals surface area contributed by atoms with Gasteiger partial charge in [-0.2, -0.15) is 30.6 Å². The van der Waals surface area contributed by atoms with Crippen LogP contribution >= 0.6 is 68.0 Å². The van der Waals surface area contributed by atoms with Gasteiger partial charge in [-0.3, -0.25) is 35.5 Å². The van der Waals surface area contributed by atoms with Crippen molar-refractivity contribution in [1.82, 2.24) is 96.0 Å². The number of benzene rings is 1. The number of aromatic amines is 6. The predicted molar refractivity (Wildman–Crippen MR) is 574 cm³/mol. The highest BCUT2D eigenvalue weighted by Crippen LogP contribution is 2.45. The summed E-state index contributed by atoms with van der Waals surface area (Å²) in [7, 11) is 0. The summed E-state index contributed by atoms with van der Waals surface area (Å²) in [5.74, 6) is 3.62. The lowest BCUT2D eigenvalue weighted by atomic mass is 9.89. The molecule has 38 nitrogen and oxygen atoms in total. The minimum atomic E-state index is -0.603. The zero-order valence-electron chi connectivity index (χ0n) is 78.3. The molecule has 1 aromatic carbocycles. The van der Waals surface area contributed by atoms with Crippen LogP contribution in [-0.2, 0) is 14.2 Å². The van der Waals surface area contributed by atoms with E-state index in [2.05, 4.69) is 173 Å². The van der Waals surface area contributed by atoms with Gasteiger partial charge in [0, 0.05) is 163 Å². The molecule has 19 aromatic rings. The fourth-order valence-corrected chi connectivity index (χ4v) is 22.7. The Hall–Kier alpha value is -13.6. The van der Waals surface area contributed by atoms with E-state index in [9.17, 15) is 15.3 Å². The summed E-state index contributed by atoms with van der Waals surface area (Å²) >= 11 is 9.92. The van der Waals surface area contributed by atoms with Crippen molar-refractivity contribution in [2.24, 2.45) is 16.7 Å². The van der Waals surface area contributed by atoms with Crippen LogP contribution in [0.3, 0.4) is 0 Å². The molecule has 3 aliphatic heterocycles. The monoisotopic (exact) mass is 2020 g/mol. The van der Waals surface area contributed by atoms with Crippen molar-refractivity contribution in [3.63, 3.8) is 0 Å². The van der Waals surface area contributed by atoms with Gasteiger partial charge in [-0.25, -0.2) is 29.9 Å². The van der Waals surface area contributed by atoms with Gasteiger partial charge in [-0.1, -0.05) is 44.2 Å². The van der Waals surface area contributed by atoms with Crippen LogP contribution in [0.2, 0.25) is 0 Å². The molecule has 4 atom stereocenters. The van der Waals surface area contributed by atoms with Crippen LogP contribution in [0.25, 0.3) is 125 Å². The van der Waals surface area contributed by atoms with Crippen molar-refractivity contribution in [3.8, 4) is 63.4 Å². The second-order valence-electron chi connectivity index (χ2n) is 35.5. The zero-order valence-corrected chi connectivity index (χ0v) is 83.2. The molecule has 736 valence electrons. The summed E-state index contributed by atoms with van der Waals surface area (Å²) in [5.41, 5.74) is 53.4. The Bertz CT molecular complexity index is 7190. The highest BCUT2D eigenvalue weighted by molar-refractivity contribution is 7.24. The minimum Gasteiger partial charge on any atom is -0.396 e. The minimum absolute atomic E-state index is 0.0103. The van der Waals surface area contributed by atoms with E-state index in [0.29, 0.717) is 60.2 Å². The summed E-state index contributed by atoms with van der Waals surface area (Å²) in [6, 6.07) is 45.2. The molecule has 22 rings (SSSR count). The Morgan fingerprint density at radius 3 is 1.11 bits per heavy atom. The van der Waals surface area contributed by atoms with Crippen LogP contribution < -0.4 is 66.3 Å². The SMILES string of the molecule is CC(CO)(CO)CNc1cc(N)nc2cc(-c3ccn[nH]3)sc12.CC1(CNc2cc(N)nc3cc(-c4ccn[nH]4)sc23)COC1.C[C@@H](CCO)Nc1cc(N)nc2cc(-c3ccn[nH]3)sc12.C[C@@H]1CN(CCNc2cc(N)nc3cc(-c4ccn[nH]4)sc23)C[C@@H](C)O1.Nc1cc(NC(CCO)c2ccccc2)c2sc(-c3ccn[nH]3)cc2n1.Nc1cc(NCC2CCOCC2)c2sc(-c3ccn[nH]3)cc2n1. The third-order valence-electron chi connectivity index (χ3n) is 23.7. The Morgan fingerprint density at radius 2 is 0.773 bits per heavy atom. The molecule has 0 saturated carbocycles. The van der Waals surface area contributed by atoms with Gasteiger partial charge in [0.15, 0.2) is 0 Å². The van der Waals surface area contributed by atoms with E-state index in [1.165, 1.54) is 0 Å². The van der Waals surface area contributed by atoms with Gasteiger partial charge in [-0.05, 0) is 131 Å². The Labute approximate surface area is 835 Å². The lowest BCUT2D eigenvalue weighted by Crippen LogP contribution is -2.46. The van der Waals surface area contributed by atoms with Crippen molar-refractivity contribution >= 4 is 198 Å². The van der Waals surface area contributed by atoms with Crippen LogP contribution in [0, 0.1) is 16.7 Å². The second-order valence-corrected chi connectivity index (χ2v) is 41.8. The number of anilines is 12. The molecular formula is C97H115N31O7S6. The Balaban J connectivity index is 0.000000117. The first-order valence-electron chi connectivity index (χ1n) is 46.2. The van der Waals surface area contributed by atoms with Gasteiger partial charge in [-0.15, -0.1) is 68.0 Å². The molecule has 0 radical (unpaired) electrons. The van der Waals surface area contributed by atoms with E-state index in [0.717, 1.165) is 243 Å². The maximum absolute atomic E-state index is 9.49. The van der Waals surface area contributed by atoms with E-state index < -0.39 is 5.41 Å². The molecule has 0 bridgehead atoms. The molecular weight excluding hydrogens is 1900 g/mol. The first-order chi connectivity index (χ1) is 68.5. The number of nitrogens with zero attached hydrogens (tertiary/aromatic N) is 13. The number of ether oxygens (including phenoxy) is 3. The topological polar surface area (TPSA) is 590 Å². The molecule has 0 aliphatic carbocycles. The molecule has 3 aliphatic rings. The third-order valence-corrected chi connectivity index (χ3v) is 30.9. The molecule has 3 saturated heterocycles. The Morgan fingerprint density at radius 1 is 0.433 bits per heavy atom. The number of aromatic nitrogens is 18. The third kappa shape index (κ3) is 25.1. The second kappa shape index (κ2) is 45.8. The van der Waals surface area contributed by atoms with Crippen LogP contribution in [0.1, 0.15) is 71.9 Å². The highest BCUT2D eigenvalue weighted by Gasteiger charge is 2.34. The van der Waals surface area contributed by atoms with Gasteiger partial charge < -0.3 is 101 Å². The normalized spacial score (nSPS) is 15.2. The number of hydrogen-bond acceptors (Lipinski definition) is 38. The lowest BCUT2D eigenvalue weighted by Gasteiger charge is -2.38. The number of nitrogen functional groups attached to an aromatic ring is 6. The molecule has 44 heteroatoms. The number of rotatable bonds is 30. The number of nitrogens with one attached hydrogen (secondary N) is 12. The van der Waals surface area contributed by atoms with Crippen LogP contribution in [0.4, 0.5) is 69.0 Å². The number of pyridine rings is 6. The molecule has 1 unspecified atom stereocenters. The summed E-state index contributed by atoms with van der Waals surface area (Å²) in [6.45, 7) is 19.7. The number of aliphatic hydroxyl groups is 4. The fourth-order valence-electron chi connectivity index (χ4n) is 16.4. The van der Waals surface area contributed by atoms with Crippen LogP contribution in [0.15, 0.2) is 177 Å².